The first-order chi connectivity index (χ1) is 14.5. The fourth-order valence-electron chi connectivity index (χ4n) is 4.09. The van der Waals surface area contributed by atoms with Gasteiger partial charge in [-0.15, -0.1) is 0 Å². The van der Waals surface area contributed by atoms with Gasteiger partial charge in [0, 0.05) is 38.1 Å². The van der Waals surface area contributed by atoms with Gasteiger partial charge in [-0.05, 0) is 44.7 Å². The third-order valence-electron chi connectivity index (χ3n) is 6.02. The smallest absolute Gasteiger partial charge is 0.259 e. The molecule has 0 aliphatic heterocycles. The minimum atomic E-state index is -0.497. The molecule has 1 aliphatic rings. The van der Waals surface area contributed by atoms with Gasteiger partial charge >= 0.3 is 0 Å². The molecule has 0 spiro atoms. The summed E-state index contributed by atoms with van der Waals surface area (Å²) in [5, 5.41) is 2.86. The van der Waals surface area contributed by atoms with E-state index in [-0.39, 0.29) is 23.1 Å². The number of aromatic nitrogens is 1. The van der Waals surface area contributed by atoms with Crippen molar-refractivity contribution in [2.24, 2.45) is 0 Å². The SMILES string of the molecule is CCN(CC)C(=O)c1cn(C2CCCC2)cc(C(=O)NCc2ccccc2C)c1=O. The number of pyridine rings is 1. The van der Waals surface area contributed by atoms with E-state index in [0.29, 0.717) is 19.6 Å². The molecule has 0 unspecified atom stereocenters. The van der Waals surface area contributed by atoms with Gasteiger partial charge in [-0.3, -0.25) is 14.4 Å². The molecule has 1 aromatic heterocycles. The summed E-state index contributed by atoms with van der Waals surface area (Å²) in [5.41, 5.74) is 1.69. The second-order valence-corrected chi connectivity index (χ2v) is 7.89. The number of hydrogen-bond donors (Lipinski definition) is 1. The lowest BCUT2D eigenvalue weighted by atomic mass is 10.1. The van der Waals surface area contributed by atoms with Crippen LogP contribution >= 0.6 is 0 Å². The van der Waals surface area contributed by atoms with E-state index < -0.39 is 11.3 Å². The summed E-state index contributed by atoms with van der Waals surface area (Å²) in [6, 6.07) is 8.02. The normalized spacial score (nSPS) is 14.0. The van der Waals surface area contributed by atoms with Crippen LogP contribution in [-0.4, -0.2) is 34.4 Å². The summed E-state index contributed by atoms with van der Waals surface area (Å²) in [7, 11) is 0. The first kappa shape index (κ1) is 21.8. The van der Waals surface area contributed by atoms with Gasteiger partial charge in [0.2, 0.25) is 5.43 Å². The Morgan fingerprint density at radius 1 is 1.07 bits per heavy atom. The largest absolute Gasteiger partial charge is 0.349 e. The molecule has 2 aromatic rings. The zero-order chi connectivity index (χ0) is 21.7. The third kappa shape index (κ3) is 4.64. The Kier molecular flexibility index (Phi) is 7.08. The molecule has 0 saturated heterocycles. The predicted octanol–water partition coefficient (Wildman–Crippen LogP) is 3.68. The highest BCUT2D eigenvalue weighted by Crippen LogP contribution is 2.29. The summed E-state index contributed by atoms with van der Waals surface area (Å²) in [6.45, 7) is 7.12. The minimum absolute atomic E-state index is 0.0356. The highest BCUT2D eigenvalue weighted by Gasteiger charge is 2.25. The maximum Gasteiger partial charge on any atom is 0.259 e. The van der Waals surface area contributed by atoms with E-state index in [0.717, 1.165) is 36.8 Å². The van der Waals surface area contributed by atoms with E-state index in [1.165, 1.54) is 0 Å². The summed E-state index contributed by atoms with van der Waals surface area (Å²) in [6.07, 6.45) is 7.50. The molecule has 0 radical (unpaired) electrons. The van der Waals surface area contributed by atoms with Gasteiger partial charge in [0.15, 0.2) is 0 Å². The Morgan fingerprint density at radius 3 is 2.33 bits per heavy atom. The molecule has 1 saturated carbocycles. The third-order valence-corrected chi connectivity index (χ3v) is 6.02. The van der Waals surface area contributed by atoms with Crippen molar-refractivity contribution in [1.29, 1.82) is 0 Å². The molecule has 1 fully saturated rings. The molecule has 1 heterocycles. The molecule has 2 amide bonds. The van der Waals surface area contributed by atoms with E-state index in [4.69, 9.17) is 0 Å². The Morgan fingerprint density at radius 2 is 1.70 bits per heavy atom. The van der Waals surface area contributed by atoms with Crippen LogP contribution in [0.15, 0.2) is 41.5 Å². The molecule has 0 atom stereocenters. The maximum atomic E-state index is 13.1. The highest BCUT2D eigenvalue weighted by molar-refractivity contribution is 5.99. The van der Waals surface area contributed by atoms with Gasteiger partial charge < -0.3 is 14.8 Å². The number of nitrogens with one attached hydrogen (secondary N) is 1. The average molecular weight is 410 g/mol. The molecule has 1 aliphatic carbocycles. The van der Waals surface area contributed by atoms with E-state index >= 15 is 0 Å². The summed E-state index contributed by atoms with van der Waals surface area (Å²) in [5.74, 6) is -0.755. The number of amides is 2. The van der Waals surface area contributed by atoms with Crippen molar-refractivity contribution >= 4 is 11.8 Å². The van der Waals surface area contributed by atoms with Crippen molar-refractivity contribution in [1.82, 2.24) is 14.8 Å². The standard InChI is InChI=1S/C24H31N3O3/c1-4-26(5-2)24(30)21-16-27(19-12-8-9-13-19)15-20(22(21)28)23(29)25-14-18-11-7-6-10-17(18)3/h6-7,10-11,15-16,19H,4-5,8-9,12-14H2,1-3H3,(H,25,29). The van der Waals surface area contributed by atoms with Crippen LogP contribution in [0, 0.1) is 6.92 Å². The van der Waals surface area contributed by atoms with Crippen molar-refractivity contribution in [2.75, 3.05) is 13.1 Å². The highest BCUT2D eigenvalue weighted by atomic mass is 16.2. The molecule has 3 rings (SSSR count). The number of carbonyl (C=O) groups is 2. The Bertz CT molecular complexity index is 970. The average Bonchev–Trinajstić information content (AvgIpc) is 3.29. The van der Waals surface area contributed by atoms with Crippen LogP contribution in [0.1, 0.15) is 77.4 Å². The topological polar surface area (TPSA) is 71.4 Å². The van der Waals surface area contributed by atoms with E-state index in [9.17, 15) is 14.4 Å². The van der Waals surface area contributed by atoms with Crippen LogP contribution in [0.3, 0.4) is 0 Å². The zero-order valence-corrected chi connectivity index (χ0v) is 18.1. The van der Waals surface area contributed by atoms with Crippen molar-refractivity contribution in [3.05, 3.63) is 69.1 Å². The second kappa shape index (κ2) is 9.74. The molecule has 30 heavy (non-hydrogen) atoms. The summed E-state index contributed by atoms with van der Waals surface area (Å²) < 4.78 is 1.91. The number of rotatable bonds is 7. The van der Waals surface area contributed by atoms with Gasteiger partial charge in [-0.25, -0.2) is 0 Å². The van der Waals surface area contributed by atoms with Crippen molar-refractivity contribution in [3.63, 3.8) is 0 Å². The molecule has 160 valence electrons. The lowest BCUT2D eigenvalue weighted by molar-refractivity contribution is 0.0770. The van der Waals surface area contributed by atoms with Crippen molar-refractivity contribution in [2.45, 2.75) is 59.0 Å². The summed E-state index contributed by atoms with van der Waals surface area (Å²) in [4.78, 5) is 40.7. The Balaban J connectivity index is 1.95. The van der Waals surface area contributed by atoms with Crippen LogP contribution < -0.4 is 10.7 Å². The van der Waals surface area contributed by atoms with Gasteiger partial charge in [0.1, 0.15) is 11.1 Å². The number of benzene rings is 1. The van der Waals surface area contributed by atoms with Crippen molar-refractivity contribution in [3.8, 4) is 0 Å². The van der Waals surface area contributed by atoms with Crippen LogP contribution in [0.5, 0.6) is 0 Å². The fraction of sp³-hybridized carbons (Fsp3) is 0.458. The molecular formula is C24H31N3O3. The second-order valence-electron chi connectivity index (χ2n) is 7.89. The zero-order valence-electron chi connectivity index (χ0n) is 18.1. The van der Waals surface area contributed by atoms with E-state index in [2.05, 4.69) is 5.32 Å². The van der Waals surface area contributed by atoms with Gasteiger partial charge in [-0.2, -0.15) is 0 Å². The van der Waals surface area contributed by atoms with Crippen LogP contribution in [0.4, 0.5) is 0 Å². The van der Waals surface area contributed by atoms with Crippen molar-refractivity contribution < 1.29 is 9.59 Å². The first-order valence-electron chi connectivity index (χ1n) is 10.8. The minimum Gasteiger partial charge on any atom is -0.349 e. The lowest BCUT2D eigenvalue weighted by Gasteiger charge is -2.21. The molecular weight excluding hydrogens is 378 g/mol. The van der Waals surface area contributed by atoms with Crippen LogP contribution in [-0.2, 0) is 6.54 Å². The molecule has 6 heteroatoms. The number of nitrogens with zero attached hydrogens (tertiary/aromatic N) is 2. The Hall–Kier alpha value is -2.89. The molecule has 1 aromatic carbocycles. The lowest BCUT2D eigenvalue weighted by Crippen LogP contribution is -2.38. The predicted molar refractivity (Wildman–Crippen MR) is 118 cm³/mol. The number of carbonyl (C=O) groups excluding carboxylic acids is 2. The summed E-state index contributed by atoms with van der Waals surface area (Å²) >= 11 is 0. The molecule has 0 bridgehead atoms. The van der Waals surface area contributed by atoms with Gasteiger partial charge in [0.25, 0.3) is 11.8 Å². The maximum absolute atomic E-state index is 13.1. The monoisotopic (exact) mass is 409 g/mol. The fourth-order valence-corrected chi connectivity index (χ4v) is 4.09. The Labute approximate surface area is 177 Å². The molecule has 6 nitrogen and oxygen atoms in total. The first-order valence-corrected chi connectivity index (χ1v) is 10.8. The van der Waals surface area contributed by atoms with Crippen LogP contribution in [0.25, 0.3) is 0 Å². The van der Waals surface area contributed by atoms with Gasteiger partial charge in [-0.1, -0.05) is 37.1 Å². The van der Waals surface area contributed by atoms with E-state index in [1.54, 1.807) is 17.3 Å². The number of aryl methyl sites for hydroxylation is 1. The van der Waals surface area contributed by atoms with Gasteiger partial charge in [0.05, 0.1) is 0 Å². The quantitative estimate of drug-likeness (QED) is 0.758. The molecule has 1 N–H and O–H groups in total. The van der Waals surface area contributed by atoms with Crippen LogP contribution in [0.2, 0.25) is 0 Å². The van der Waals surface area contributed by atoms with E-state index in [1.807, 2.05) is 49.6 Å². The number of hydrogen-bond acceptors (Lipinski definition) is 3.